The minimum absolute atomic E-state index is 0. The Morgan fingerprint density at radius 2 is 1.79 bits per heavy atom. The number of anilines is 1. The van der Waals surface area contributed by atoms with E-state index in [0.29, 0.717) is 12.5 Å². The fourth-order valence-corrected chi connectivity index (χ4v) is 4.35. The van der Waals surface area contributed by atoms with Gasteiger partial charge in [0.25, 0.3) is 0 Å². The topological polar surface area (TPSA) is 85.8 Å². The Morgan fingerprint density at radius 3 is 2.42 bits per heavy atom. The molecule has 184 valence electrons. The first kappa shape index (κ1) is 27.4. The molecule has 1 atom stereocenters. The van der Waals surface area contributed by atoms with Crippen LogP contribution < -0.4 is 16.0 Å². The Labute approximate surface area is 215 Å². The van der Waals surface area contributed by atoms with Gasteiger partial charge in [-0.05, 0) is 43.9 Å². The second-order valence-corrected chi connectivity index (χ2v) is 9.29. The van der Waals surface area contributed by atoms with Gasteiger partial charge in [0.05, 0.1) is 6.54 Å². The van der Waals surface area contributed by atoms with Crippen LogP contribution in [0.15, 0.2) is 29.3 Å². The Morgan fingerprint density at radius 1 is 1.09 bits per heavy atom. The number of nitrogens with one attached hydrogen (secondary N) is 3. The summed E-state index contributed by atoms with van der Waals surface area (Å²) in [6.07, 6.45) is 6.70. The van der Waals surface area contributed by atoms with Gasteiger partial charge in [-0.2, -0.15) is 0 Å². The minimum atomic E-state index is -0.0440. The van der Waals surface area contributed by atoms with Crippen molar-refractivity contribution in [3.63, 3.8) is 0 Å². The number of amides is 2. The molecular weight excluding hydrogens is 529 g/mol. The molecular formula is C25H40IN5O2. The Bertz CT molecular complexity index is 790. The van der Waals surface area contributed by atoms with Crippen molar-refractivity contribution in [3.8, 4) is 0 Å². The van der Waals surface area contributed by atoms with Crippen LogP contribution >= 0.6 is 24.0 Å². The molecule has 2 fully saturated rings. The summed E-state index contributed by atoms with van der Waals surface area (Å²) >= 11 is 0. The van der Waals surface area contributed by atoms with Gasteiger partial charge in [0.15, 0.2) is 5.96 Å². The third-order valence-corrected chi connectivity index (χ3v) is 6.30. The van der Waals surface area contributed by atoms with Gasteiger partial charge < -0.3 is 20.9 Å². The van der Waals surface area contributed by atoms with Crippen LogP contribution in [0.4, 0.5) is 5.69 Å². The summed E-state index contributed by atoms with van der Waals surface area (Å²) in [5.74, 6) is 1.33. The minimum Gasteiger partial charge on any atom is -0.357 e. The molecule has 8 heteroatoms. The largest absolute Gasteiger partial charge is 0.357 e. The average molecular weight is 570 g/mol. The maximum atomic E-state index is 12.8. The third kappa shape index (κ3) is 8.46. The molecule has 0 radical (unpaired) electrons. The number of guanidine groups is 1. The number of carbonyl (C=O) groups excluding carboxylic acids is 2. The van der Waals surface area contributed by atoms with Crippen molar-refractivity contribution in [3.05, 3.63) is 29.8 Å². The molecule has 33 heavy (non-hydrogen) atoms. The number of carbonyl (C=O) groups is 2. The standard InChI is InChI=1S/C25H39N5O2.HI/c1-4-26-25(27-16-19-10-12-21(13-11-19)28-23(31)18(2)3)29-22-14-15-30(17-22)24(32)20-8-6-5-7-9-20;/h10-13,18,20,22H,4-9,14-17H2,1-3H3,(H,28,31)(H2,26,27,29);1H. The van der Waals surface area contributed by atoms with E-state index in [-0.39, 0.29) is 47.8 Å². The molecule has 2 aliphatic rings. The van der Waals surface area contributed by atoms with E-state index in [1.807, 2.05) is 43.0 Å². The van der Waals surface area contributed by atoms with Crippen molar-refractivity contribution in [1.29, 1.82) is 0 Å². The van der Waals surface area contributed by atoms with Crippen LogP contribution in [0.3, 0.4) is 0 Å². The summed E-state index contributed by atoms with van der Waals surface area (Å²) < 4.78 is 0. The third-order valence-electron chi connectivity index (χ3n) is 6.30. The maximum Gasteiger partial charge on any atom is 0.226 e. The molecule has 1 aliphatic carbocycles. The number of nitrogens with zero attached hydrogens (tertiary/aromatic N) is 2. The number of hydrogen-bond acceptors (Lipinski definition) is 3. The van der Waals surface area contributed by atoms with Crippen molar-refractivity contribution in [2.24, 2.45) is 16.8 Å². The first-order valence-corrected chi connectivity index (χ1v) is 12.2. The number of rotatable bonds is 7. The van der Waals surface area contributed by atoms with Crippen molar-refractivity contribution >= 4 is 47.4 Å². The summed E-state index contributed by atoms with van der Waals surface area (Å²) in [6, 6.07) is 8.04. The SMILES string of the molecule is CCNC(=NCc1ccc(NC(=O)C(C)C)cc1)NC1CCN(C(=O)C2CCCCC2)C1.I. The number of hydrogen-bond donors (Lipinski definition) is 3. The first-order chi connectivity index (χ1) is 15.5. The lowest BCUT2D eigenvalue weighted by atomic mass is 9.88. The van der Waals surface area contributed by atoms with Crippen molar-refractivity contribution in [2.45, 2.75) is 71.9 Å². The summed E-state index contributed by atoms with van der Waals surface area (Å²) in [5.41, 5.74) is 1.88. The van der Waals surface area contributed by atoms with E-state index in [0.717, 1.165) is 56.1 Å². The zero-order valence-electron chi connectivity index (χ0n) is 20.2. The summed E-state index contributed by atoms with van der Waals surface area (Å²) in [7, 11) is 0. The smallest absolute Gasteiger partial charge is 0.226 e. The van der Waals surface area contributed by atoms with Crippen LogP contribution in [0.5, 0.6) is 0 Å². The van der Waals surface area contributed by atoms with Gasteiger partial charge >= 0.3 is 0 Å². The molecule has 3 rings (SSSR count). The quantitative estimate of drug-likeness (QED) is 0.262. The Hall–Kier alpha value is -1.84. The highest BCUT2D eigenvalue weighted by molar-refractivity contribution is 14.0. The molecule has 1 aliphatic heterocycles. The van der Waals surface area contributed by atoms with Gasteiger partial charge in [0.2, 0.25) is 11.8 Å². The van der Waals surface area contributed by atoms with Crippen LogP contribution in [0.25, 0.3) is 0 Å². The van der Waals surface area contributed by atoms with Gasteiger partial charge in [-0.15, -0.1) is 24.0 Å². The summed E-state index contributed by atoms with van der Waals surface area (Å²) in [4.78, 5) is 31.4. The highest BCUT2D eigenvalue weighted by Gasteiger charge is 2.31. The molecule has 3 N–H and O–H groups in total. The second-order valence-electron chi connectivity index (χ2n) is 9.29. The van der Waals surface area contributed by atoms with Crippen LogP contribution in [0.1, 0.15) is 64.9 Å². The lowest BCUT2D eigenvalue weighted by Crippen LogP contribution is -2.45. The predicted octanol–water partition coefficient (Wildman–Crippen LogP) is 4.14. The van der Waals surface area contributed by atoms with Crippen molar-refractivity contribution in [1.82, 2.24) is 15.5 Å². The molecule has 0 bridgehead atoms. The van der Waals surface area contributed by atoms with Gasteiger partial charge in [0.1, 0.15) is 0 Å². The van der Waals surface area contributed by atoms with E-state index < -0.39 is 0 Å². The number of halogens is 1. The molecule has 2 amide bonds. The lowest BCUT2D eigenvalue weighted by Gasteiger charge is -2.26. The first-order valence-electron chi connectivity index (χ1n) is 12.2. The Balaban J connectivity index is 0.00000385. The maximum absolute atomic E-state index is 12.8. The molecule has 1 unspecified atom stereocenters. The van der Waals surface area contributed by atoms with Crippen LogP contribution in [-0.4, -0.2) is 48.3 Å². The van der Waals surface area contributed by atoms with Gasteiger partial charge in [-0.3, -0.25) is 9.59 Å². The van der Waals surface area contributed by atoms with Crippen molar-refractivity contribution in [2.75, 3.05) is 25.0 Å². The summed E-state index contributed by atoms with van der Waals surface area (Å²) in [5, 5.41) is 9.74. The van der Waals surface area contributed by atoms with Crippen LogP contribution in [0, 0.1) is 11.8 Å². The fourth-order valence-electron chi connectivity index (χ4n) is 4.35. The van der Waals surface area contributed by atoms with E-state index in [4.69, 9.17) is 4.99 Å². The lowest BCUT2D eigenvalue weighted by molar-refractivity contribution is -0.135. The Kier molecular flexibility index (Phi) is 11.4. The molecule has 1 heterocycles. The van der Waals surface area contributed by atoms with E-state index in [1.165, 1.54) is 19.3 Å². The van der Waals surface area contributed by atoms with Gasteiger partial charge in [-0.1, -0.05) is 45.2 Å². The fraction of sp³-hybridized carbons (Fsp3) is 0.640. The van der Waals surface area contributed by atoms with Crippen molar-refractivity contribution < 1.29 is 9.59 Å². The zero-order chi connectivity index (χ0) is 22.9. The average Bonchev–Trinajstić information content (AvgIpc) is 3.27. The predicted molar refractivity (Wildman–Crippen MR) is 145 cm³/mol. The normalized spacial score (nSPS) is 19.2. The molecule has 1 aromatic rings. The second kappa shape index (κ2) is 13.8. The molecule has 1 saturated heterocycles. The van der Waals surface area contributed by atoms with E-state index in [2.05, 4.69) is 22.9 Å². The monoisotopic (exact) mass is 569 g/mol. The summed E-state index contributed by atoms with van der Waals surface area (Å²) in [6.45, 7) is 8.72. The number of likely N-dealkylation sites (tertiary alicyclic amines) is 1. The number of aliphatic imine (C=N–C) groups is 1. The van der Waals surface area contributed by atoms with Crippen LogP contribution in [-0.2, 0) is 16.1 Å². The van der Waals surface area contributed by atoms with Crippen LogP contribution in [0.2, 0.25) is 0 Å². The van der Waals surface area contributed by atoms with E-state index in [1.54, 1.807) is 0 Å². The molecule has 0 aromatic heterocycles. The van der Waals surface area contributed by atoms with Gasteiger partial charge in [0, 0.05) is 43.2 Å². The highest BCUT2D eigenvalue weighted by atomic mass is 127. The van der Waals surface area contributed by atoms with E-state index >= 15 is 0 Å². The molecule has 1 aromatic carbocycles. The van der Waals surface area contributed by atoms with E-state index in [9.17, 15) is 9.59 Å². The zero-order valence-corrected chi connectivity index (χ0v) is 22.6. The molecule has 7 nitrogen and oxygen atoms in total. The molecule has 0 spiro atoms. The number of benzene rings is 1. The molecule has 1 saturated carbocycles. The van der Waals surface area contributed by atoms with Gasteiger partial charge in [-0.25, -0.2) is 4.99 Å². The highest BCUT2D eigenvalue weighted by Crippen LogP contribution is 2.26.